The zero-order valence-electron chi connectivity index (χ0n) is 62.8. The maximum Gasteiger partial charge on any atom is 0.268 e. The van der Waals surface area contributed by atoms with Crippen molar-refractivity contribution in [3.05, 3.63) is 88.8 Å². The Hall–Kier alpha value is -8.26. The van der Waals surface area contributed by atoms with Crippen LogP contribution < -0.4 is 50.3 Å². The molecule has 3 aromatic heterocycles. The molecule has 35 nitrogen and oxygen atoms in total. The molecule has 0 spiro atoms. The third kappa shape index (κ3) is 16.3. The van der Waals surface area contributed by atoms with Crippen LogP contribution in [0.4, 0.5) is 5.82 Å². The molecule has 7 amide bonds. The number of anilines is 1. The summed E-state index contributed by atoms with van der Waals surface area (Å²) in [6.07, 6.45) is -5.69. The number of nitrogen functional groups attached to an aromatic ring is 1. The molecule has 11 rings (SSSR count). The minimum absolute atomic E-state index is 0. The van der Waals surface area contributed by atoms with Crippen LogP contribution >= 0.6 is 7.82 Å². The first-order valence-electron chi connectivity index (χ1n) is 35.9. The number of benzene rings is 1. The Morgan fingerprint density at radius 2 is 1.34 bits per heavy atom. The predicted molar refractivity (Wildman–Crippen MR) is 393 cm³/mol. The van der Waals surface area contributed by atoms with E-state index in [1.165, 1.54) is 35.0 Å². The van der Waals surface area contributed by atoms with Crippen LogP contribution in [0.1, 0.15) is 157 Å². The molecular weight excluding hydrogens is 1480 g/mol. The van der Waals surface area contributed by atoms with E-state index in [1.807, 2.05) is 80.5 Å². The van der Waals surface area contributed by atoms with Crippen molar-refractivity contribution < 1.29 is 98.7 Å². The van der Waals surface area contributed by atoms with Crippen LogP contribution in [-0.2, 0) is 73.4 Å². The third-order valence-corrected chi connectivity index (χ3v) is 24.6. The molecule has 4 aromatic rings. The number of phosphoric ester groups is 1. The summed E-state index contributed by atoms with van der Waals surface area (Å²) in [6.45, 7) is 22.6. The Balaban J connectivity index is 0.000000623. The number of carbonyl (C=O) groups excluding carboxylic acids is 7. The van der Waals surface area contributed by atoms with Gasteiger partial charge in [0, 0.05) is 125 Å². The van der Waals surface area contributed by atoms with Gasteiger partial charge in [0.1, 0.15) is 36.3 Å². The van der Waals surface area contributed by atoms with E-state index < -0.39 is 168 Å². The SMILES string of the molecule is C/C1=C2/[N-][C@H]([C@H](CC(N)=O)[C@@]2(C)CCC(=O)NC[C@@H](C)OP(=O)([O-])O[C@H]2[C@@H](O)[C@@H](n3cnc4cc(C)c(C)cc43)O[C@@H]2CO)[C@]2(C)N=C(/C(C)=C3N=C(/C=C4N=C1[C@@H](CCC(N)=O)C\4(C)C)[C@@H](CCC(N)=O)[C@]\3(C)CC(N)=O)[C@@H](CCC(N)=O)[C@]2(C)CC(N)=O.[CH2-][C@H]1O[C@@H](n2cnc3c(N)ncnc32)[C@H](O)[C@@H]1O.[Co]. The Morgan fingerprint density at radius 1 is 0.734 bits per heavy atom. The largest absolute Gasteiger partial charge is 0.756 e. The molecule has 19 atom stereocenters. The quantitative estimate of drug-likeness (QED) is 0.0301. The van der Waals surface area contributed by atoms with E-state index in [4.69, 9.17) is 79.0 Å². The molecule has 0 saturated carbocycles. The number of aliphatic hydroxyl groups is 4. The maximum atomic E-state index is 14.4. The third-order valence-electron chi connectivity index (χ3n) is 23.5. The van der Waals surface area contributed by atoms with Crippen molar-refractivity contribution in [3.63, 3.8) is 0 Å². The van der Waals surface area contributed by atoms with Gasteiger partial charge in [-0.25, -0.2) is 19.9 Å². The van der Waals surface area contributed by atoms with Crippen LogP contribution in [0.5, 0.6) is 0 Å². The first kappa shape index (κ1) is 84.8. The molecule has 8 bridgehead atoms. The standard InChI is InChI=1S/C62H90N13O14P.C10H12N5O3.Co/c1-29-20-39-40(21-30(29)2)75(28-70-39)57-52(84)53(41(27-76)87-57)89-90(85,86)88-31(3)26-69-49(83)18-19-59(8)37(22-46(66)80)56-62(11)61(10,25-48(68)82)36(14-17-45(65)79)51(74-62)33(5)55-60(9,24-47(67)81)34(12-15-43(63)77)38(71-55)23-42-58(6,7)35(13-16-44(64)78)50(72-42)32(4)54(59)73-56;1-4-6(16)7(17)10(18-4)15-3-14-5-8(11)12-2-13-9(5)15;/h20-21,23,28,31,34-37,41,52-53,56-57,76,84H,12-19,22,24-27H2,1-11H3,(H15,63,64,65,66,67,68,69,71,72,73,74,77,78,79,80,81,82,83,85,86);2-4,6-7,10,16-17H,1H2,(H2,11,12,13);/q;-1;/p-2/t31-,34-,35-,36-,37+,41-,52-,53-,56-,57+,59-,60+,61+,62+;4-,6-,7-,10-;/m11./s1. The van der Waals surface area contributed by atoms with Crippen molar-refractivity contribution in [1.82, 2.24) is 34.4 Å². The van der Waals surface area contributed by atoms with Gasteiger partial charge in [-0.2, -0.15) is 5.70 Å². The summed E-state index contributed by atoms with van der Waals surface area (Å²) in [4.78, 5) is 140. The van der Waals surface area contributed by atoms with Crippen LogP contribution in [0.25, 0.3) is 27.5 Å². The Bertz CT molecular complexity index is 4520. The Morgan fingerprint density at radius 3 is 1.94 bits per heavy atom. The number of hydrogen-bond acceptors (Lipinski definition) is 25. The van der Waals surface area contributed by atoms with Gasteiger partial charge in [0.2, 0.25) is 41.4 Å². The van der Waals surface area contributed by atoms with Gasteiger partial charge in [0.05, 0.1) is 53.7 Å². The fourth-order valence-corrected chi connectivity index (χ4v) is 18.5. The normalized spacial score (nSPS) is 33.6. The second-order valence-corrected chi connectivity index (χ2v) is 32.4. The van der Waals surface area contributed by atoms with E-state index in [0.29, 0.717) is 67.6 Å². The monoisotopic (exact) mass is 1580 g/mol. The number of carbonyl (C=O) groups is 7. The van der Waals surface area contributed by atoms with Gasteiger partial charge in [0.15, 0.2) is 23.9 Å². The molecule has 1 aromatic carbocycles. The summed E-state index contributed by atoms with van der Waals surface area (Å²) >= 11 is 0. The predicted octanol–water partition coefficient (Wildman–Crippen LogP) is 2.17. The van der Waals surface area contributed by atoms with Crippen molar-refractivity contribution in [1.29, 1.82) is 0 Å². The molecule has 19 N–H and O–H groups in total. The number of phosphoric acid groups is 1. The second kappa shape index (κ2) is 32.2. The number of nitrogens with one attached hydrogen (secondary N) is 1. The number of aryl methyl sites for hydroxylation is 2. The number of amides is 7. The summed E-state index contributed by atoms with van der Waals surface area (Å²) in [5, 5.41) is 49.6. The van der Waals surface area contributed by atoms with Crippen molar-refractivity contribution in [2.75, 3.05) is 18.9 Å². The molecule has 7 aliphatic rings. The molecule has 3 fully saturated rings. The molecule has 109 heavy (non-hydrogen) atoms. The van der Waals surface area contributed by atoms with Gasteiger partial charge in [-0.1, -0.05) is 40.7 Å². The number of imidazole rings is 2. The summed E-state index contributed by atoms with van der Waals surface area (Å²) in [5.41, 5.74) is 43.2. The van der Waals surface area contributed by atoms with Crippen molar-refractivity contribution in [3.8, 4) is 0 Å². The van der Waals surface area contributed by atoms with Crippen LogP contribution in [0, 0.1) is 66.1 Å². The van der Waals surface area contributed by atoms with Crippen molar-refractivity contribution >= 4 is 94.3 Å². The summed E-state index contributed by atoms with van der Waals surface area (Å²) in [6, 6.07) is 2.65. The number of nitrogens with two attached hydrogens (primary N) is 7. The van der Waals surface area contributed by atoms with E-state index in [0.717, 1.165) is 11.1 Å². The van der Waals surface area contributed by atoms with Gasteiger partial charge >= 0.3 is 0 Å². The summed E-state index contributed by atoms with van der Waals surface area (Å²) in [5.74, 6) is -7.16. The fraction of sp³-hybridized carbons (Fsp3) is 0.597. The number of ether oxygens (including phenoxy) is 2. The zero-order valence-corrected chi connectivity index (χ0v) is 64.8. The minimum atomic E-state index is -5.32. The van der Waals surface area contributed by atoms with Gasteiger partial charge in [-0.15, -0.1) is 0 Å². The fourth-order valence-electron chi connectivity index (χ4n) is 17.3. The summed E-state index contributed by atoms with van der Waals surface area (Å²) < 4.78 is 38.8. The minimum Gasteiger partial charge on any atom is -0.756 e. The number of hydrogen-bond donors (Lipinski definition) is 12. The van der Waals surface area contributed by atoms with Crippen LogP contribution in [-0.4, -0.2) is 175 Å². The molecule has 7 aliphatic heterocycles. The zero-order chi connectivity index (χ0) is 79.6. The molecule has 1 unspecified atom stereocenters. The van der Waals surface area contributed by atoms with Crippen LogP contribution in [0.2, 0.25) is 0 Å². The van der Waals surface area contributed by atoms with Crippen LogP contribution in [0.3, 0.4) is 0 Å². The van der Waals surface area contributed by atoms with E-state index in [1.54, 1.807) is 6.92 Å². The molecule has 10 heterocycles. The van der Waals surface area contributed by atoms with E-state index in [2.05, 4.69) is 32.2 Å². The molecule has 3 saturated heterocycles. The smallest absolute Gasteiger partial charge is 0.268 e. The van der Waals surface area contributed by atoms with Crippen molar-refractivity contribution in [2.24, 2.45) is 94.7 Å². The number of nitrogens with zero attached hydrogens (tertiary/aromatic N) is 10. The topological polar surface area (TPSA) is 584 Å². The number of aromatic nitrogens is 6. The van der Waals surface area contributed by atoms with E-state index >= 15 is 0 Å². The van der Waals surface area contributed by atoms with Gasteiger partial charge in [-0.3, -0.25) is 57.7 Å². The number of aliphatic hydroxyl groups excluding tert-OH is 4. The van der Waals surface area contributed by atoms with E-state index in [-0.39, 0.29) is 99.8 Å². The first-order chi connectivity index (χ1) is 50.4. The number of primary amides is 6. The number of rotatable bonds is 27. The Kier molecular flexibility index (Phi) is 25.0. The van der Waals surface area contributed by atoms with Crippen LogP contribution in [0.15, 0.2) is 80.4 Å². The second-order valence-electron chi connectivity index (χ2n) is 31.1. The molecule has 0 aliphatic carbocycles. The van der Waals surface area contributed by atoms with Gasteiger partial charge in [-0.05, 0) is 125 Å². The average Bonchev–Trinajstić information content (AvgIpc) is 1.53. The van der Waals surface area contributed by atoms with Crippen molar-refractivity contribution in [2.45, 2.75) is 214 Å². The summed E-state index contributed by atoms with van der Waals surface area (Å²) in [7, 11) is -5.32. The first-order valence-corrected chi connectivity index (χ1v) is 37.3. The number of fused-ring (bicyclic) bond motifs is 8. The molecule has 597 valence electrons. The Labute approximate surface area is 640 Å². The maximum absolute atomic E-state index is 14.4. The number of aliphatic imine (C=N–C) groups is 3. The van der Waals surface area contributed by atoms with Gasteiger partial charge < -0.3 is 106 Å². The molecular formula is C72H100CoN18O17P-3. The van der Waals surface area contributed by atoms with Gasteiger partial charge in [0.25, 0.3) is 7.82 Å². The molecule has 37 heteroatoms. The molecule has 1 radical (unpaired) electrons. The number of allylic oxidation sites excluding steroid dienone is 6. The average molecular weight is 1580 g/mol. The van der Waals surface area contributed by atoms with E-state index in [9.17, 15) is 63.4 Å².